The van der Waals surface area contributed by atoms with Gasteiger partial charge < -0.3 is 10.8 Å². The molecule has 0 spiro atoms. The number of fused-ring (bicyclic) bond motifs is 5. The molecule has 0 aromatic rings. The van der Waals surface area contributed by atoms with E-state index in [4.69, 9.17) is 5.73 Å². The molecule has 29 heavy (non-hydrogen) atoms. The molecule has 0 heterocycles. The molecule has 9 atom stereocenters. The molecule has 4 rings (SSSR count). The number of nitrogens with zero attached hydrogens (tertiary/aromatic N) is 1. The van der Waals surface area contributed by atoms with E-state index < -0.39 is 11.8 Å². The third kappa shape index (κ3) is 2.90. The van der Waals surface area contributed by atoms with Gasteiger partial charge in [0.15, 0.2) is 0 Å². The standard InChI is InChI=1S/C24H34N2O3/c1-13(27)21-17(18(12-25)22(26)29)11-20-16-5-4-14-10-15(28)6-8-23(14,2)19(16)7-9-24(20,21)3/h4,15-21,28H,5-11H2,1-3H3,(H2,26,29)/t15-,16-,17-,18+,19+,20-,21+,23-,24-/m0/s1. The lowest BCUT2D eigenvalue weighted by molar-refractivity contribution is -0.130. The lowest BCUT2D eigenvalue weighted by atomic mass is 9.47. The number of rotatable bonds is 3. The Bertz CT molecular complexity index is 798. The molecule has 0 saturated heterocycles. The minimum atomic E-state index is -0.889. The molecule has 0 unspecified atom stereocenters. The number of aliphatic hydroxyl groups is 1. The number of hydrogen-bond donors (Lipinski definition) is 2. The second kappa shape index (κ2) is 6.94. The molecule has 0 aromatic carbocycles. The van der Waals surface area contributed by atoms with Crippen LogP contribution in [0, 0.1) is 57.7 Å². The van der Waals surface area contributed by atoms with Gasteiger partial charge in [0.25, 0.3) is 0 Å². The molecule has 0 radical (unpaired) electrons. The summed E-state index contributed by atoms with van der Waals surface area (Å²) in [6, 6.07) is 2.12. The Morgan fingerprint density at radius 3 is 2.62 bits per heavy atom. The minimum Gasteiger partial charge on any atom is -0.393 e. The maximum Gasteiger partial charge on any atom is 0.235 e. The summed E-state index contributed by atoms with van der Waals surface area (Å²) < 4.78 is 0. The Labute approximate surface area is 173 Å². The van der Waals surface area contributed by atoms with Gasteiger partial charge in [-0.2, -0.15) is 5.26 Å². The van der Waals surface area contributed by atoms with E-state index in [1.807, 2.05) is 0 Å². The van der Waals surface area contributed by atoms with Crippen LogP contribution in [0.1, 0.15) is 65.7 Å². The van der Waals surface area contributed by atoms with Crippen LogP contribution in [-0.2, 0) is 9.59 Å². The van der Waals surface area contributed by atoms with Crippen molar-refractivity contribution in [3.63, 3.8) is 0 Å². The molecule has 4 aliphatic carbocycles. The summed E-state index contributed by atoms with van der Waals surface area (Å²) in [5.74, 6) is -0.574. The minimum absolute atomic E-state index is 0.0963. The highest BCUT2D eigenvalue weighted by molar-refractivity contribution is 5.84. The first kappa shape index (κ1) is 20.6. The van der Waals surface area contributed by atoms with Gasteiger partial charge in [0.05, 0.1) is 12.2 Å². The number of ketones is 1. The molecule has 5 heteroatoms. The van der Waals surface area contributed by atoms with Crippen molar-refractivity contribution in [2.45, 2.75) is 71.8 Å². The van der Waals surface area contributed by atoms with Crippen molar-refractivity contribution < 1.29 is 14.7 Å². The van der Waals surface area contributed by atoms with Crippen LogP contribution >= 0.6 is 0 Å². The zero-order valence-electron chi connectivity index (χ0n) is 17.9. The topological polar surface area (TPSA) is 104 Å². The number of hydrogen-bond acceptors (Lipinski definition) is 4. The summed E-state index contributed by atoms with van der Waals surface area (Å²) in [4.78, 5) is 24.7. The fourth-order valence-electron chi connectivity index (χ4n) is 8.20. The Kier molecular flexibility index (Phi) is 4.93. The first-order valence-corrected chi connectivity index (χ1v) is 11.2. The smallest absolute Gasteiger partial charge is 0.235 e. The number of nitriles is 1. The van der Waals surface area contributed by atoms with Crippen molar-refractivity contribution in [3.05, 3.63) is 11.6 Å². The molecular weight excluding hydrogens is 364 g/mol. The van der Waals surface area contributed by atoms with E-state index in [9.17, 15) is 20.0 Å². The van der Waals surface area contributed by atoms with E-state index in [0.717, 1.165) is 44.9 Å². The Hall–Kier alpha value is -1.67. The Morgan fingerprint density at radius 1 is 1.28 bits per heavy atom. The van der Waals surface area contributed by atoms with E-state index in [2.05, 4.69) is 26.0 Å². The van der Waals surface area contributed by atoms with Gasteiger partial charge >= 0.3 is 0 Å². The molecule has 3 saturated carbocycles. The zero-order chi connectivity index (χ0) is 21.1. The summed E-state index contributed by atoms with van der Waals surface area (Å²) >= 11 is 0. The maximum atomic E-state index is 12.7. The van der Waals surface area contributed by atoms with Crippen LogP contribution in [0.3, 0.4) is 0 Å². The van der Waals surface area contributed by atoms with Crippen LogP contribution in [0.15, 0.2) is 11.6 Å². The van der Waals surface area contributed by atoms with Crippen LogP contribution < -0.4 is 5.73 Å². The summed E-state index contributed by atoms with van der Waals surface area (Å²) in [5.41, 5.74) is 6.95. The van der Waals surface area contributed by atoms with E-state index in [1.54, 1.807) is 6.92 Å². The largest absolute Gasteiger partial charge is 0.393 e. The third-order valence-corrected chi connectivity index (χ3v) is 9.49. The van der Waals surface area contributed by atoms with Gasteiger partial charge in [-0.05, 0) is 86.4 Å². The van der Waals surface area contributed by atoms with Crippen molar-refractivity contribution in [2.24, 2.45) is 52.1 Å². The average Bonchev–Trinajstić information content (AvgIpc) is 2.95. The highest BCUT2D eigenvalue weighted by atomic mass is 16.3. The normalized spacial score (nSPS) is 47.1. The van der Waals surface area contributed by atoms with Gasteiger partial charge in [-0.15, -0.1) is 0 Å². The molecule has 5 nitrogen and oxygen atoms in total. The Morgan fingerprint density at radius 2 is 2.00 bits per heavy atom. The highest BCUT2D eigenvalue weighted by Gasteiger charge is 2.63. The van der Waals surface area contributed by atoms with Crippen LogP contribution in [-0.4, -0.2) is 22.9 Å². The number of aliphatic hydroxyl groups excluding tert-OH is 1. The number of primary amides is 1. The number of carbonyl (C=O) groups excluding carboxylic acids is 2. The predicted octanol–water partition coefficient (Wildman–Crippen LogP) is 3.37. The number of nitrogens with two attached hydrogens (primary N) is 1. The highest BCUT2D eigenvalue weighted by Crippen LogP contribution is 2.68. The number of amides is 1. The molecule has 1 amide bonds. The van der Waals surface area contributed by atoms with E-state index >= 15 is 0 Å². The lowest BCUT2D eigenvalue weighted by Gasteiger charge is -2.57. The third-order valence-electron chi connectivity index (χ3n) is 9.49. The van der Waals surface area contributed by atoms with Gasteiger partial charge in [0, 0.05) is 5.92 Å². The molecule has 3 fully saturated rings. The molecule has 0 aliphatic heterocycles. The van der Waals surface area contributed by atoms with Crippen molar-refractivity contribution in [1.29, 1.82) is 5.26 Å². The predicted molar refractivity (Wildman–Crippen MR) is 109 cm³/mol. The molecule has 0 aromatic heterocycles. The maximum absolute atomic E-state index is 12.7. The first-order valence-electron chi connectivity index (χ1n) is 11.2. The van der Waals surface area contributed by atoms with E-state index in [-0.39, 0.29) is 34.6 Å². The van der Waals surface area contributed by atoms with Crippen LogP contribution in [0.25, 0.3) is 0 Å². The van der Waals surface area contributed by atoms with Crippen LogP contribution in [0.4, 0.5) is 0 Å². The zero-order valence-corrected chi connectivity index (χ0v) is 17.9. The van der Waals surface area contributed by atoms with Crippen molar-refractivity contribution in [1.82, 2.24) is 0 Å². The van der Waals surface area contributed by atoms with Gasteiger partial charge in [-0.25, -0.2) is 0 Å². The first-order chi connectivity index (χ1) is 13.6. The van der Waals surface area contributed by atoms with Crippen LogP contribution in [0.2, 0.25) is 0 Å². The Balaban J connectivity index is 1.71. The average molecular weight is 399 g/mol. The van der Waals surface area contributed by atoms with Crippen LogP contribution in [0.5, 0.6) is 0 Å². The summed E-state index contributed by atoms with van der Waals surface area (Å²) in [6.45, 7) is 6.22. The van der Waals surface area contributed by atoms with Gasteiger partial charge in [0.2, 0.25) is 5.91 Å². The second-order valence-electron chi connectivity index (χ2n) is 10.7. The molecule has 4 aliphatic rings. The van der Waals surface area contributed by atoms with E-state index in [1.165, 1.54) is 5.57 Å². The number of carbonyl (C=O) groups is 2. The summed E-state index contributed by atoms with van der Waals surface area (Å²) in [7, 11) is 0. The van der Waals surface area contributed by atoms with E-state index in [0.29, 0.717) is 17.8 Å². The molecule has 3 N–H and O–H groups in total. The fourth-order valence-corrected chi connectivity index (χ4v) is 8.20. The van der Waals surface area contributed by atoms with Crippen molar-refractivity contribution in [3.8, 4) is 6.07 Å². The summed E-state index contributed by atoms with van der Waals surface area (Å²) in [5, 5.41) is 19.8. The molecular formula is C24H34N2O3. The van der Waals surface area contributed by atoms with Crippen molar-refractivity contribution in [2.75, 3.05) is 0 Å². The second-order valence-corrected chi connectivity index (χ2v) is 10.7. The molecule has 158 valence electrons. The van der Waals surface area contributed by atoms with Crippen molar-refractivity contribution >= 4 is 11.7 Å². The summed E-state index contributed by atoms with van der Waals surface area (Å²) in [6.07, 6.45) is 8.57. The number of Topliss-reactive ketones (excluding diaryl/α,β-unsaturated/α-hetero) is 1. The monoisotopic (exact) mass is 398 g/mol. The van der Waals surface area contributed by atoms with Gasteiger partial charge in [-0.1, -0.05) is 25.5 Å². The van der Waals surface area contributed by atoms with Gasteiger partial charge in [-0.3, -0.25) is 9.59 Å². The lowest BCUT2D eigenvalue weighted by Crippen LogP contribution is -2.51. The molecule has 0 bridgehead atoms. The van der Waals surface area contributed by atoms with Gasteiger partial charge in [0.1, 0.15) is 11.7 Å². The number of allylic oxidation sites excluding steroid dienone is 1. The SMILES string of the molecule is CC(=O)[C@@H]1[C@H]([C@@H](C#N)C(N)=O)C[C@H]2[C@H]3CC=C4C[C@@H](O)CC[C@]4(C)[C@@H]3CC[C@]12C. The quantitative estimate of drug-likeness (QED) is 0.711. The fraction of sp³-hybridized carbons (Fsp3) is 0.792.